The third-order valence-corrected chi connectivity index (χ3v) is 10.7. The minimum Gasteiger partial charge on any atom is -0.495 e. The number of ether oxygens (including phenoxy) is 10. The molecule has 0 amide bonds. The second kappa shape index (κ2) is 40.4. The number of rotatable bonds is 10. The number of esters is 5. The van der Waals surface area contributed by atoms with Gasteiger partial charge in [-0.3, -0.25) is 24.0 Å². The number of alkyl halides is 2. The molecule has 5 aliphatic heterocycles. The van der Waals surface area contributed by atoms with Gasteiger partial charge < -0.3 is 93.3 Å². The van der Waals surface area contributed by atoms with Gasteiger partial charge in [0.15, 0.2) is 12.6 Å². The molecule has 17 unspecified atom stereocenters. The molecule has 2 saturated heterocycles. The first-order valence-corrected chi connectivity index (χ1v) is 24.4. The van der Waals surface area contributed by atoms with Gasteiger partial charge in [0, 0.05) is 77.7 Å². The maximum Gasteiger partial charge on any atom is 0.303 e. The van der Waals surface area contributed by atoms with Crippen LogP contribution in [0.4, 0.5) is 0 Å². The molecule has 0 radical (unpaired) electrons. The lowest BCUT2D eigenvalue weighted by Crippen LogP contribution is -2.50. The Morgan fingerprint density at radius 3 is 1.25 bits per heavy atom. The first kappa shape index (κ1) is 71.2. The van der Waals surface area contributed by atoms with Crippen LogP contribution >= 0.6 is 23.2 Å². The molecule has 5 heterocycles. The first-order chi connectivity index (χ1) is 34.2. The zero-order valence-corrected chi connectivity index (χ0v) is 44.6. The van der Waals surface area contributed by atoms with E-state index in [1.807, 2.05) is 20.8 Å². The highest BCUT2D eigenvalue weighted by atomic mass is 35.5. The maximum atomic E-state index is 10.8. The molecule has 0 aromatic carbocycles. The summed E-state index contributed by atoms with van der Waals surface area (Å²) in [7, 11) is 0. The highest BCUT2D eigenvalue weighted by molar-refractivity contribution is 6.40. The first-order valence-electron chi connectivity index (χ1n) is 23.3. The standard InChI is InChI=1S/C11H16O5.C9H16O5.C9H14O4.C8H14O6.C7H12O3.C2H6O.CH2Cl2/c1-7-10(16-9(3)13)4-5-14-11(7)6-15-8(2)12;1-5-7(11)3-9(12)14-8(5)4-13-6(2)10;1-6-8(11)3-4-12-9(6)5-13-7(2)10;1-4(9)13-3-6-8(12)5(10)2-7(11)14-6;1-5-6(9)2-3-10-7(5)4-8;1-2-3;2-1-3/h4-5,7,10-11H,6H2,1-3H3;5,7-9,11-12H,3-4H2,1-2H3;3-4,6,8-9,11H,5H2,1-2H3;5-8,10-12H,2-3H2,1H3;2-3,5-9H,4H2,1H3;3H,2H2,1H3;1H2. The number of carbonyl (C=O) groups is 5. The number of hydrogen-bond donors (Lipinski definition) is 9. The van der Waals surface area contributed by atoms with Crippen LogP contribution in [0.25, 0.3) is 0 Å². The lowest BCUT2D eigenvalue weighted by molar-refractivity contribution is -0.241. The van der Waals surface area contributed by atoms with Crippen LogP contribution in [0.1, 0.15) is 82.1 Å². The largest absolute Gasteiger partial charge is 0.495 e. The quantitative estimate of drug-likeness (QED) is 0.0831. The molecule has 0 saturated carbocycles. The molecule has 26 heteroatoms. The number of carbonyl (C=O) groups excluding carboxylic acids is 5. The van der Waals surface area contributed by atoms with Crippen molar-refractivity contribution >= 4 is 53.0 Å². The SMILES string of the molecule is CC(=O)OCC1OC(O)CC(O)C1C.CC(=O)OCC1OC(O)CC(O)C1O.CC(=O)OCC1OC=CC(O)C1C.CC(=O)OCC1OC=CC(OC(C)=O)C1C.CC1C(O)C=COC1CO.CCO.ClCCl. The molecule has 0 aromatic heterocycles. The van der Waals surface area contributed by atoms with E-state index in [2.05, 4.69) is 4.74 Å². The van der Waals surface area contributed by atoms with Crippen molar-refractivity contribution in [1.82, 2.24) is 0 Å². The Balaban J connectivity index is 0. The van der Waals surface area contributed by atoms with E-state index in [1.165, 1.54) is 53.4 Å². The van der Waals surface area contributed by atoms with Gasteiger partial charge in [-0.15, -0.1) is 23.2 Å². The van der Waals surface area contributed by atoms with Gasteiger partial charge in [0.2, 0.25) is 0 Å². The molecule has 0 aromatic rings. The third-order valence-electron chi connectivity index (χ3n) is 10.7. The molecule has 0 spiro atoms. The predicted octanol–water partition coefficient (Wildman–Crippen LogP) is 0.830. The van der Waals surface area contributed by atoms with Crippen molar-refractivity contribution in [3.05, 3.63) is 37.0 Å². The molecular weight excluding hydrogens is 1020 g/mol. The van der Waals surface area contributed by atoms with Crippen LogP contribution in [0.15, 0.2) is 37.0 Å². The lowest BCUT2D eigenvalue weighted by atomic mass is 9.93. The Kier molecular flexibility index (Phi) is 39.4. The van der Waals surface area contributed by atoms with Gasteiger partial charge >= 0.3 is 29.8 Å². The van der Waals surface area contributed by atoms with E-state index in [0.29, 0.717) is 0 Å². The molecule has 426 valence electrons. The summed E-state index contributed by atoms with van der Waals surface area (Å²) >= 11 is 9.53. The number of halogens is 2. The Morgan fingerprint density at radius 2 is 0.849 bits per heavy atom. The molecule has 73 heavy (non-hydrogen) atoms. The van der Waals surface area contributed by atoms with Crippen LogP contribution in [0, 0.1) is 23.7 Å². The van der Waals surface area contributed by atoms with Gasteiger partial charge in [-0.2, -0.15) is 0 Å². The van der Waals surface area contributed by atoms with Crippen molar-refractivity contribution < 1.29 is 117 Å². The number of aliphatic hydroxyl groups is 9. The summed E-state index contributed by atoms with van der Waals surface area (Å²) in [4.78, 5) is 53.1. The Hall–Kier alpha value is -3.89. The Bertz CT molecular complexity index is 1580. The molecule has 17 atom stereocenters. The Labute approximate surface area is 436 Å². The average Bonchev–Trinajstić information content (AvgIpc) is 3.30. The summed E-state index contributed by atoms with van der Waals surface area (Å²) in [5, 5.41) is 81.5. The second-order valence-corrected chi connectivity index (χ2v) is 17.5. The van der Waals surface area contributed by atoms with E-state index in [-0.39, 0.29) is 124 Å². The van der Waals surface area contributed by atoms with Crippen molar-refractivity contribution in [3.8, 4) is 0 Å². The van der Waals surface area contributed by atoms with E-state index in [0.717, 1.165) is 0 Å². The minimum absolute atomic E-state index is 0.0185. The molecule has 5 aliphatic rings. The zero-order valence-electron chi connectivity index (χ0n) is 43.0. The fraction of sp³-hybridized carbons (Fsp3) is 0.766. The highest BCUT2D eigenvalue weighted by Crippen LogP contribution is 2.25. The van der Waals surface area contributed by atoms with E-state index in [9.17, 15) is 54.6 Å². The van der Waals surface area contributed by atoms with Crippen molar-refractivity contribution in [3.63, 3.8) is 0 Å². The molecule has 5 rings (SSSR count). The highest BCUT2D eigenvalue weighted by Gasteiger charge is 2.37. The monoisotopic (exact) mass is 1100 g/mol. The molecule has 0 aliphatic carbocycles. The van der Waals surface area contributed by atoms with Crippen molar-refractivity contribution in [2.45, 2.75) is 162 Å². The maximum absolute atomic E-state index is 10.8. The normalized spacial score (nSPS) is 32.4. The summed E-state index contributed by atoms with van der Waals surface area (Å²) in [6, 6.07) is 0. The van der Waals surface area contributed by atoms with Crippen molar-refractivity contribution in [1.29, 1.82) is 0 Å². The van der Waals surface area contributed by atoms with Gasteiger partial charge in [0.1, 0.15) is 63.1 Å². The van der Waals surface area contributed by atoms with Crippen LogP contribution in [0.3, 0.4) is 0 Å². The predicted molar refractivity (Wildman–Crippen MR) is 258 cm³/mol. The molecule has 9 N–H and O–H groups in total. The molecule has 2 fully saturated rings. The summed E-state index contributed by atoms with van der Waals surface area (Å²) in [6.07, 6.45) is 1.03. The molecular formula is C47H80Cl2O24. The van der Waals surface area contributed by atoms with Gasteiger partial charge in [-0.05, 0) is 25.2 Å². The van der Waals surface area contributed by atoms with Crippen molar-refractivity contribution in [2.24, 2.45) is 23.7 Å². The van der Waals surface area contributed by atoms with Crippen LogP contribution in [-0.2, 0) is 71.3 Å². The van der Waals surface area contributed by atoms with Crippen LogP contribution in [0.2, 0.25) is 0 Å². The fourth-order valence-corrected chi connectivity index (χ4v) is 6.26. The number of aliphatic hydroxyl groups excluding tert-OH is 9. The zero-order chi connectivity index (χ0) is 56.4. The second-order valence-electron chi connectivity index (χ2n) is 16.7. The van der Waals surface area contributed by atoms with Gasteiger partial charge in [-0.1, -0.05) is 27.7 Å². The van der Waals surface area contributed by atoms with Crippen molar-refractivity contribution in [2.75, 3.05) is 45.0 Å². The van der Waals surface area contributed by atoms with Crippen LogP contribution in [-0.4, -0.2) is 201 Å². The van der Waals surface area contributed by atoms with E-state index < -0.39 is 67.2 Å². The van der Waals surface area contributed by atoms with Gasteiger partial charge in [0.05, 0.1) is 61.3 Å². The summed E-state index contributed by atoms with van der Waals surface area (Å²) in [6.45, 7) is 16.1. The van der Waals surface area contributed by atoms with E-state index in [1.54, 1.807) is 32.1 Å². The van der Waals surface area contributed by atoms with Gasteiger partial charge in [-0.25, -0.2) is 0 Å². The molecule has 24 nitrogen and oxygen atoms in total. The lowest BCUT2D eigenvalue weighted by Gasteiger charge is -2.35. The molecule has 0 bridgehead atoms. The number of hydrogen-bond acceptors (Lipinski definition) is 24. The smallest absolute Gasteiger partial charge is 0.303 e. The average molecular weight is 1100 g/mol. The Morgan fingerprint density at radius 1 is 0.507 bits per heavy atom. The van der Waals surface area contributed by atoms with Crippen LogP contribution in [0.5, 0.6) is 0 Å². The van der Waals surface area contributed by atoms with Gasteiger partial charge in [0.25, 0.3) is 0 Å². The summed E-state index contributed by atoms with van der Waals surface area (Å²) < 4.78 is 49.7. The fourth-order valence-electron chi connectivity index (χ4n) is 6.26. The topological polar surface area (TPSA) is 360 Å². The third kappa shape index (κ3) is 32.2. The minimum atomic E-state index is -1.14. The summed E-state index contributed by atoms with van der Waals surface area (Å²) in [5.41, 5.74) is 0. The van der Waals surface area contributed by atoms with Crippen LogP contribution < -0.4 is 0 Å². The summed E-state index contributed by atoms with van der Waals surface area (Å²) in [5.74, 6) is -2.18. The van der Waals surface area contributed by atoms with E-state index in [4.69, 9.17) is 81.2 Å². The van der Waals surface area contributed by atoms with E-state index >= 15 is 0 Å².